The molecule has 1 aromatic heterocycles. The Morgan fingerprint density at radius 3 is 2.37 bits per heavy atom. The van der Waals surface area contributed by atoms with Gasteiger partial charge in [0.1, 0.15) is 16.8 Å². The Hall–Kier alpha value is -3.10. The van der Waals surface area contributed by atoms with Crippen LogP contribution in [-0.4, -0.2) is 31.9 Å². The molecule has 0 bridgehead atoms. The molecule has 1 heterocycles. The molecular weight excluding hydrogens is 405 g/mol. The monoisotopic (exact) mass is 427 g/mol. The summed E-state index contributed by atoms with van der Waals surface area (Å²) in [5.41, 5.74) is 1.59. The van der Waals surface area contributed by atoms with E-state index in [1.165, 1.54) is 12.1 Å². The molecule has 156 valence electrons. The summed E-state index contributed by atoms with van der Waals surface area (Å²) >= 11 is 0. The lowest BCUT2D eigenvalue weighted by Gasteiger charge is -2.19. The van der Waals surface area contributed by atoms with Crippen molar-refractivity contribution in [1.82, 2.24) is 15.0 Å². The predicted molar refractivity (Wildman–Crippen MR) is 112 cm³/mol. The second kappa shape index (κ2) is 10.1. The van der Waals surface area contributed by atoms with E-state index in [-0.39, 0.29) is 6.42 Å². The summed E-state index contributed by atoms with van der Waals surface area (Å²) < 4.78 is 41.8. The van der Waals surface area contributed by atoms with Crippen LogP contribution >= 0.6 is 0 Å². The smallest absolute Gasteiger partial charge is 0.244 e. The molecule has 0 aliphatic rings. The minimum absolute atomic E-state index is 0.129. The quantitative estimate of drug-likeness (QED) is 0.549. The van der Waals surface area contributed by atoms with Crippen LogP contribution in [0.15, 0.2) is 83.9 Å². The van der Waals surface area contributed by atoms with Crippen molar-refractivity contribution < 1.29 is 17.6 Å². The first-order chi connectivity index (χ1) is 14.5. The largest absolute Gasteiger partial charge is 0.354 e. The Kier molecular flexibility index (Phi) is 7.26. The normalized spacial score (nSPS) is 12.3. The molecule has 1 amide bonds. The van der Waals surface area contributed by atoms with Crippen LogP contribution in [0.1, 0.15) is 11.3 Å². The first kappa shape index (κ1) is 21.6. The van der Waals surface area contributed by atoms with E-state index in [0.29, 0.717) is 13.0 Å². The first-order valence-corrected chi connectivity index (χ1v) is 10.9. The summed E-state index contributed by atoms with van der Waals surface area (Å²) in [5.74, 6) is -1.37. The third-order valence-corrected chi connectivity index (χ3v) is 5.93. The second-order valence-electron chi connectivity index (χ2n) is 6.66. The Bertz CT molecular complexity index is 1080. The molecule has 0 saturated carbocycles. The lowest BCUT2D eigenvalue weighted by atomic mass is 10.1. The van der Waals surface area contributed by atoms with Gasteiger partial charge in [-0.3, -0.25) is 9.78 Å². The zero-order valence-corrected chi connectivity index (χ0v) is 17.0. The Morgan fingerprint density at radius 2 is 1.67 bits per heavy atom. The third kappa shape index (κ3) is 5.95. The lowest BCUT2D eigenvalue weighted by molar-refractivity contribution is -0.122. The first-order valence-electron chi connectivity index (χ1n) is 9.44. The number of rotatable bonds is 9. The highest BCUT2D eigenvalue weighted by Crippen LogP contribution is 2.15. The van der Waals surface area contributed by atoms with E-state index >= 15 is 0 Å². The number of nitrogens with zero attached hydrogens (tertiary/aromatic N) is 1. The molecule has 0 saturated heterocycles. The number of amides is 1. The molecule has 0 spiro atoms. The highest BCUT2D eigenvalue weighted by molar-refractivity contribution is 7.89. The maximum Gasteiger partial charge on any atom is 0.244 e. The summed E-state index contributed by atoms with van der Waals surface area (Å²) in [6.07, 6.45) is 2.30. The molecule has 6 nitrogen and oxygen atoms in total. The van der Waals surface area contributed by atoms with Gasteiger partial charge in [-0.1, -0.05) is 48.5 Å². The van der Waals surface area contributed by atoms with Crippen LogP contribution in [0.3, 0.4) is 0 Å². The van der Waals surface area contributed by atoms with Crippen molar-refractivity contribution >= 4 is 15.9 Å². The molecule has 0 fully saturated rings. The Morgan fingerprint density at radius 1 is 0.967 bits per heavy atom. The molecule has 2 N–H and O–H groups in total. The number of sulfonamides is 1. The molecule has 0 aliphatic heterocycles. The number of pyridine rings is 1. The predicted octanol–water partition coefficient (Wildman–Crippen LogP) is 2.47. The van der Waals surface area contributed by atoms with Crippen LogP contribution in [-0.2, 0) is 27.7 Å². The van der Waals surface area contributed by atoms with E-state index in [4.69, 9.17) is 0 Å². The van der Waals surface area contributed by atoms with Gasteiger partial charge >= 0.3 is 0 Å². The van der Waals surface area contributed by atoms with Crippen LogP contribution in [0.5, 0.6) is 0 Å². The van der Waals surface area contributed by atoms with Crippen molar-refractivity contribution in [2.75, 3.05) is 6.54 Å². The molecule has 8 heteroatoms. The van der Waals surface area contributed by atoms with Crippen LogP contribution < -0.4 is 10.0 Å². The molecule has 2 aromatic carbocycles. The lowest BCUT2D eigenvalue weighted by Crippen LogP contribution is -2.48. The van der Waals surface area contributed by atoms with Gasteiger partial charge < -0.3 is 5.32 Å². The summed E-state index contributed by atoms with van der Waals surface area (Å²) in [7, 11) is -4.23. The van der Waals surface area contributed by atoms with Gasteiger partial charge in [0.05, 0.1) is 0 Å². The number of benzene rings is 2. The molecular formula is C22H22FN3O3S. The van der Waals surface area contributed by atoms with Gasteiger partial charge in [0, 0.05) is 24.9 Å². The molecule has 0 aliphatic carbocycles. The molecule has 3 rings (SSSR count). The minimum atomic E-state index is -4.23. The van der Waals surface area contributed by atoms with Gasteiger partial charge in [-0.05, 0) is 36.2 Å². The van der Waals surface area contributed by atoms with E-state index in [2.05, 4.69) is 15.0 Å². The van der Waals surface area contributed by atoms with Crippen molar-refractivity contribution in [1.29, 1.82) is 0 Å². The number of nitrogens with one attached hydrogen (secondary N) is 2. The topological polar surface area (TPSA) is 88.2 Å². The number of carbonyl (C=O) groups is 1. The average Bonchev–Trinajstić information content (AvgIpc) is 2.75. The molecule has 1 atom stereocenters. The Labute approximate surface area is 175 Å². The average molecular weight is 428 g/mol. The van der Waals surface area contributed by atoms with Gasteiger partial charge in [0.15, 0.2) is 0 Å². The number of hydrogen-bond acceptors (Lipinski definition) is 4. The van der Waals surface area contributed by atoms with E-state index in [9.17, 15) is 17.6 Å². The fraction of sp³-hybridized carbons (Fsp3) is 0.182. The SMILES string of the molecule is O=C(NCCc1ccccn1)C(Cc1ccccc1)NS(=O)(=O)c1ccccc1F. The van der Waals surface area contributed by atoms with Crippen LogP contribution in [0, 0.1) is 5.82 Å². The van der Waals surface area contributed by atoms with Gasteiger partial charge in [-0.25, -0.2) is 12.8 Å². The molecule has 1 unspecified atom stereocenters. The van der Waals surface area contributed by atoms with Gasteiger partial charge in [0.2, 0.25) is 15.9 Å². The fourth-order valence-corrected chi connectivity index (χ4v) is 4.21. The summed E-state index contributed by atoms with van der Waals surface area (Å²) in [4.78, 5) is 16.5. The second-order valence-corrected chi connectivity index (χ2v) is 8.34. The van der Waals surface area contributed by atoms with Crippen molar-refractivity contribution in [2.45, 2.75) is 23.8 Å². The van der Waals surface area contributed by atoms with Crippen LogP contribution in [0.2, 0.25) is 0 Å². The van der Waals surface area contributed by atoms with E-state index in [0.717, 1.165) is 23.4 Å². The summed E-state index contributed by atoms with van der Waals surface area (Å²) in [5, 5.41) is 2.74. The zero-order chi connectivity index (χ0) is 21.4. The third-order valence-electron chi connectivity index (χ3n) is 4.43. The number of halogens is 1. The summed E-state index contributed by atoms with van der Waals surface area (Å²) in [6.45, 7) is 0.294. The number of carbonyl (C=O) groups excluding carboxylic acids is 1. The maximum atomic E-state index is 14.0. The number of aromatic nitrogens is 1. The van der Waals surface area contributed by atoms with Crippen molar-refractivity contribution in [3.05, 3.63) is 96.1 Å². The van der Waals surface area contributed by atoms with Gasteiger partial charge in [0.25, 0.3) is 0 Å². The zero-order valence-electron chi connectivity index (χ0n) is 16.2. The Balaban J connectivity index is 1.74. The fourth-order valence-electron chi connectivity index (χ4n) is 2.93. The van der Waals surface area contributed by atoms with Gasteiger partial charge in [-0.15, -0.1) is 0 Å². The van der Waals surface area contributed by atoms with Crippen molar-refractivity contribution in [3.63, 3.8) is 0 Å². The molecule has 0 radical (unpaired) electrons. The molecule has 3 aromatic rings. The standard InChI is InChI=1S/C22H22FN3O3S/c23-19-11-4-5-12-21(19)30(28,29)26-20(16-17-8-2-1-3-9-17)22(27)25-15-13-18-10-6-7-14-24-18/h1-12,14,20,26H,13,15-16H2,(H,25,27). The summed E-state index contributed by atoms with van der Waals surface area (Å²) in [6, 6.07) is 18.5. The highest BCUT2D eigenvalue weighted by Gasteiger charge is 2.27. The van der Waals surface area contributed by atoms with Crippen molar-refractivity contribution in [2.24, 2.45) is 0 Å². The highest BCUT2D eigenvalue weighted by atomic mass is 32.2. The van der Waals surface area contributed by atoms with E-state index in [1.54, 1.807) is 36.5 Å². The number of hydrogen-bond donors (Lipinski definition) is 2. The van der Waals surface area contributed by atoms with E-state index in [1.807, 2.05) is 18.2 Å². The molecule has 30 heavy (non-hydrogen) atoms. The van der Waals surface area contributed by atoms with Gasteiger partial charge in [-0.2, -0.15) is 4.72 Å². The maximum absolute atomic E-state index is 14.0. The van der Waals surface area contributed by atoms with Crippen molar-refractivity contribution in [3.8, 4) is 0 Å². The van der Waals surface area contributed by atoms with Crippen LogP contribution in [0.4, 0.5) is 4.39 Å². The van der Waals surface area contributed by atoms with E-state index < -0.39 is 32.7 Å². The minimum Gasteiger partial charge on any atom is -0.354 e. The van der Waals surface area contributed by atoms with Crippen LogP contribution in [0.25, 0.3) is 0 Å².